The highest BCUT2D eigenvalue weighted by molar-refractivity contribution is 8.01. The van der Waals surface area contributed by atoms with Crippen molar-refractivity contribution in [3.05, 3.63) is 91.6 Å². The van der Waals surface area contributed by atoms with Crippen LogP contribution in [0.2, 0.25) is 0 Å². The number of aromatic nitrogens is 2. The van der Waals surface area contributed by atoms with Crippen LogP contribution in [0.15, 0.2) is 64.1 Å². The standard InChI is InChI=1S/C29H24ClN5O10S3/c1-14-32-33-29(48-14)47-13-18-12-46-26-21(25(38)34(26)22(18)27(39)40)31-24(37)23(45-20(36)10-30)16-4-6-17(7-5-16)28(41)44-11-15-2-8-19(9-3-15)35(42)43/h2-9,21,23,26H,10-13H2,1H3,(H,31,37)(H,39,40)/t21?,23?,26-/m0/s1. The van der Waals surface area contributed by atoms with Crippen molar-refractivity contribution < 1.29 is 43.5 Å². The number of ether oxygens (including phenoxy) is 2. The third-order valence-corrected chi connectivity index (χ3v) is 10.6. The number of nitrogens with zero attached hydrogens (tertiary/aromatic N) is 4. The summed E-state index contributed by atoms with van der Waals surface area (Å²) in [6, 6.07) is 9.83. The van der Waals surface area contributed by atoms with Gasteiger partial charge in [0.15, 0.2) is 4.34 Å². The lowest BCUT2D eigenvalue weighted by molar-refractivity contribution is -0.384. The molecule has 2 N–H and O–H groups in total. The number of halogens is 1. The number of carbonyl (C=O) groups excluding carboxylic acids is 4. The van der Waals surface area contributed by atoms with E-state index in [-0.39, 0.29) is 34.9 Å². The lowest BCUT2D eigenvalue weighted by atomic mass is 10.0. The number of nitro groups is 1. The first-order valence-electron chi connectivity index (χ1n) is 13.9. The second-order valence-corrected chi connectivity index (χ2v) is 13.9. The fourth-order valence-corrected chi connectivity index (χ4v) is 8.05. The molecule has 5 rings (SSSR count). The Morgan fingerprint density at radius 2 is 1.88 bits per heavy atom. The maximum Gasteiger partial charge on any atom is 0.352 e. The smallest absolute Gasteiger partial charge is 0.352 e. The molecule has 3 atom stereocenters. The van der Waals surface area contributed by atoms with Crippen molar-refractivity contribution in [3.8, 4) is 0 Å². The topological polar surface area (TPSA) is 208 Å². The van der Waals surface area contributed by atoms with Gasteiger partial charge in [-0.05, 0) is 42.3 Å². The number of benzene rings is 2. The first kappa shape index (κ1) is 34.8. The van der Waals surface area contributed by atoms with E-state index in [1.807, 2.05) is 0 Å². The van der Waals surface area contributed by atoms with Crippen LogP contribution in [0, 0.1) is 17.0 Å². The lowest BCUT2D eigenvalue weighted by Crippen LogP contribution is -2.71. The number of thioether (sulfide) groups is 2. The number of nitrogens with one attached hydrogen (secondary N) is 1. The fourth-order valence-electron chi connectivity index (χ4n) is 4.68. The molecule has 2 aromatic carbocycles. The molecule has 1 aromatic heterocycles. The molecule has 0 radical (unpaired) electrons. The van der Waals surface area contributed by atoms with Crippen LogP contribution < -0.4 is 5.32 Å². The molecule has 0 aliphatic carbocycles. The molecule has 2 aliphatic heterocycles. The van der Waals surface area contributed by atoms with Crippen molar-refractivity contribution >= 4 is 81.9 Å². The van der Waals surface area contributed by atoms with Gasteiger partial charge in [-0.15, -0.1) is 33.6 Å². The number of esters is 2. The zero-order valence-electron chi connectivity index (χ0n) is 24.7. The summed E-state index contributed by atoms with van der Waals surface area (Å²) in [5.74, 6) is -4.38. The highest BCUT2D eigenvalue weighted by Crippen LogP contribution is 2.42. The van der Waals surface area contributed by atoms with Gasteiger partial charge in [-0.1, -0.05) is 35.2 Å². The van der Waals surface area contributed by atoms with Gasteiger partial charge < -0.3 is 19.9 Å². The molecule has 15 nitrogen and oxygen atoms in total. The number of β-lactam (4-membered cyclic amide) rings is 1. The number of alkyl halides is 1. The number of carbonyl (C=O) groups is 5. The van der Waals surface area contributed by atoms with Crippen molar-refractivity contribution in [2.45, 2.75) is 35.4 Å². The van der Waals surface area contributed by atoms with E-state index in [4.69, 9.17) is 21.1 Å². The molecule has 1 saturated heterocycles. The number of aliphatic carboxylic acids is 1. The van der Waals surface area contributed by atoms with Crippen molar-refractivity contribution in [2.75, 3.05) is 17.4 Å². The third-order valence-electron chi connectivity index (χ3n) is 6.99. The summed E-state index contributed by atoms with van der Waals surface area (Å²) in [4.78, 5) is 75.0. The van der Waals surface area contributed by atoms with Gasteiger partial charge in [0.1, 0.15) is 34.6 Å². The Morgan fingerprint density at radius 1 is 1.17 bits per heavy atom. The van der Waals surface area contributed by atoms with E-state index in [2.05, 4.69) is 15.5 Å². The molecule has 0 spiro atoms. The monoisotopic (exact) mass is 733 g/mol. The van der Waals surface area contributed by atoms with Crippen molar-refractivity contribution in [3.63, 3.8) is 0 Å². The SMILES string of the molecule is Cc1nnc(SCC2=C(C(=O)O)N3C(=O)C(NC(=O)C(OC(=O)CCl)c4ccc(C(=O)OCc5ccc([N+](=O)[O-])cc5)cc4)[C@@H]3SC2)s1. The summed E-state index contributed by atoms with van der Waals surface area (Å²) in [5, 5.41) is 31.4. The molecule has 48 heavy (non-hydrogen) atoms. The number of carboxylic acid groups (broad SMARTS) is 1. The highest BCUT2D eigenvalue weighted by Gasteiger charge is 2.54. The Morgan fingerprint density at radius 3 is 2.48 bits per heavy atom. The number of amides is 2. The minimum Gasteiger partial charge on any atom is -0.477 e. The van der Waals surface area contributed by atoms with Crippen LogP contribution in [0.3, 0.4) is 0 Å². The van der Waals surface area contributed by atoms with Crippen LogP contribution in [0.1, 0.15) is 32.6 Å². The number of hydrogen-bond acceptors (Lipinski definition) is 14. The number of carboxylic acids is 1. The lowest BCUT2D eigenvalue weighted by Gasteiger charge is -2.49. The maximum absolute atomic E-state index is 13.4. The Bertz CT molecular complexity index is 1800. The van der Waals surface area contributed by atoms with Crippen LogP contribution in [-0.4, -0.2) is 83.7 Å². The van der Waals surface area contributed by atoms with Crippen LogP contribution in [0.25, 0.3) is 0 Å². The molecule has 2 amide bonds. The third kappa shape index (κ3) is 7.78. The quantitative estimate of drug-likeness (QED) is 0.0644. The molecule has 3 heterocycles. The number of non-ortho nitro benzene ring substituents is 1. The van der Waals surface area contributed by atoms with Gasteiger partial charge in [0.25, 0.3) is 17.5 Å². The second-order valence-electron chi connectivity index (χ2n) is 10.2. The Balaban J connectivity index is 1.24. The number of aryl methyl sites for hydroxylation is 1. The van der Waals surface area contributed by atoms with Gasteiger partial charge in [-0.3, -0.25) is 29.4 Å². The Hall–Kier alpha value is -4.52. The van der Waals surface area contributed by atoms with Gasteiger partial charge in [0.05, 0.1) is 10.5 Å². The number of fused-ring (bicyclic) bond motifs is 1. The van der Waals surface area contributed by atoms with Gasteiger partial charge in [0, 0.05) is 29.2 Å². The van der Waals surface area contributed by atoms with E-state index >= 15 is 0 Å². The average molecular weight is 734 g/mol. The average Bonchev–Trinajstić information content (AvgIpc) is 3.51. The normalized spacial score (nSPS) is 17.5. The predicted molar refractivity (Wildman–Crippen MR) is 173 cm³/mol. The largest absolute Gasteiger partial charge is 0.477 e. The summed E-state index contributed by atoms with van der Waals surface area (Å²) < 4.78 is 11.2. The first-order chi connectivity index (χ1) is 23.0. The Kier molecular flexibility index (Phi) is 11.0. The summed E-state index contributed by atoms with van der Waals surface area (Å²) >= 11 is 9.59. The molecule has 250 valence electrons. The summed E-state index contributed by atoms with van der Waals surface area (Å²) in [6.07, 6.45) is -1.55. The number of nitro benzene ring substituents is 1. The molecule has 2 aliphatic rings. The minimum absolute atomic E-state index is 0.104. The number of rotatable bonds is 13. The van der Waals surface area contributed by atoms with Gasteiger partial charge >= 0.3 is 17.9 Å². The van der Waals surface area contributed by atoms with Crippen molar-refractivity contribution in [1.82, 2.24) is 20.4 Å². The molecule has 2 unspecified atom stereocenters. The van der Waals surface area contributed by atoms with Crippen LogP contribution >= 0.6 is 46.5 Å². The van der Waals surface area contributed by atoms with E-state index in [1.54, 1.807) is 6.92 Å². The highest BCUT2D eigenvalue weighted by atomic mass is 35.5. The first-order valence-corrected chi connectivity index (χ1v) is 17.2. The van der Waals surface area contributed by atoms with E-state index in [0.717, 1.165) is 9.91 Å². The molecule has 1 fully saturated rings. The minimum atomic E-state index is -1.55. The zero-order valence-corrected chi connectivity index (χ0v) is 27.9. The zero-order chi connectivity index (χ0) is 34.5. The van der Waals surface area contributed by atoms with Crippen molar-refractivity contribution in [1.29, 1.82) is 0 Å². The molecule has 19 heteroatoms. The van der Waals surface area contributed by atoms with Crippen LogP contribution in [0.5, 0.6) is 0 Å². The van der Waals surface area contributed by atoms with E-state index in [9.17, 15) is 39.2 Å². The van der Waals surface area contributed by atoms with E-state index in [0.29, 0.717) is 21.2 Å². The van der Waals surface area contributed by atoms with Gasteiger partial charge in [0.2, 0.25) is 6.10 Å². The fraction of sp³-hybridized carbons (Fsp3) is 0.276. The molecular formula is C29H24ClN5O10S3. The molecule has 0 bridgehead atoms. The van der Waals surface area contributed by atoms with E-state index in [1.165, 1.54) is 83.4 Å². The van der Waals surface area contributed by atoms with Gasteiger partial charge in [-0.25, -0.2) is 9.59 Å². The van der Waals surface area contributed by atoms with E-state index < -0.39 is 58.0 Å². The van der Waals surface area contributed by atoms with Crippen molar-refractivity contribution in [2.24, 2.45) is 0 Å². The Labute approximate surface area is 289 Å². The molecule has 0 saturated carbocycles. The molecule has 3 aromatic rings. The summed E-state index contributed by atoms with van der Waals surface area (Å²) in [6.45, 7) is 1.66. The van der Waals surface area contributed by atoms with Crippen LogP contribution in [0.4, 0.5) is 5.69 Å². The predicted octanol–water partition coefficient (Wildman–Crippen LogP) is 3.47. The van der Waals surface area contributed by atoms with Crippen LogP contribution in [-0.2, 0) is 35.3 Å². The molecular weight excluding hydrogens is 710 g/mol. The maximum atomic E-state index is 13.4. The summed E-state index contributed by atoms with van der Waals surface area (Å²) in [7, 11) is 0. The number of hydrogen-bond donors (Lipinski definition) is 2. The van der Waals surface area contributed by atoms with Gasteiger partial charge in [-0.2, -0.15) is 0 Å². The summed E-state index contributed by atoms with van der Waals surface area (Å²) in [5.41, 5.74) is 1.07. The second kappa shape index (κ2) is 15.1.